The van der Waals surface area contributed by atoms with E-state index in [0.717, 1.165) is 12.8 Å². The van der Waals surface area contributed by atoms with Crippen LogP contribution in [0.3, 0.4) is 0 Å². The van der Waals surface area contributed by atoms with Gasteiger partial charge in [-0.1, -0.05) is 90.4 Å². The number of carbonyl (C=O) groups is 1. The van der Waals surface area contributed by atoms with Crippen molar-refractivity contribution in [1.82, 2.24) is 5.32 Å². The lowest BCUT2D eigenvalue weighted by atomic mass is 10.0. The number of phenolic OH excluding ortho intramolecular Hbond substituents is 1. The molecule has 4 N–H and O–H groups in total. The average molecular weight is 377 g/mol. The van der Waals surface area contributed by atoms with E-state index in [2.05, 4.69) is 12.2 Å². The minimum atomic E-state index is -0.153. The van der Waals surface area contributed by atoms with Crippen LogP contribution in [0.15, 0.2) is 18.2 Å². The molecule has 4 heteroatoms. The summed E-state index contributed by atoms with van der Waals surface area (Å²) in [5.41, 5.74) is 6.28. The van der Waals surface area contributed by atoms with Gasteiger partial charge in [0.05, 0.1) is 5.69 Å². The van der Waals surface area contributed by atoms with E-state index in [9.17, 15) is 9.90 Å². The van der Waals surface area contributed by atoms with Crippen molar-refractivity contribution in [2.75, 3.05) is 12.3 Å². The first kappa shape index (κ1) is 23.3. The molecule has 154 valence electrons. The molecule has 0 unspecified atom stereocenters. The first-order valence-corrected chi connectivity index (χ1v) is 11.0. The van der Waals surface area contributed by atoms with Crippen molar-refractivity contribution < 1.29 is 9.90 Å². The molecule has 0 atom stereocenters. The van der Waals surface area contributed by atoms with Crippen LogP contribution in [0, 0.1) is 0 Å². The van der Waals surface area contributed by atoms with Crippen LogP contribution in [-0.4, -0.2) is 17.6 Å². The van der Waals surface area contributed by atoms with Crippen LogP contribution in [0.1, 0.15) is 107 Å². The minimum Gasteiger partial charge on any atom is -0.506 e. The van der Waals surface area contributed by atoms with Gasteiger partial charge in [0.25, 0.3) is 5.91 Å². The van der Waals surface area contributed by atoms with E-state index in [0.29, 0.717) is 17.8 Å². The van der Waals surface area contributed by atoms with Crippen LogP contribution in [0.25, 0.3) is 0 Å². The molecule has 1 aromatic carbocycles. The Labute approximate surface area is 165 Å². The highest BCUT2D eigenvalue weighted by molar-refractivity contribution is 5.95. The molecule has 0 aliphatic heterocycles. The molecule has 0 saturated heterocycles. The maximum atomic E-state index is 12.0. The zero-order valence-corrected chi connectivity index (χ0v) is 17.3. The average Bonchev–Trinajstić information content (AvgIpc) is 2.66. The Balaban J connectivity index is 1.87. The van der Waals surface area contributed by atoms with Crippen LogP contribution < -0.4 is 11.1 Å². The van der Waals surface area contributed by atoms with Crippen LogP contribution in [0.2, 0.25) is 0 Å². The highest BCUT2D eigenvalue weighted by atomic mass is 16.3. The van der Waals surface area contributed by atoms with E-state index in [1.54, 1.807) is 12.1 Å². The molecule has 0 saturated carbocycles. The fraction of sp³-hybridized carbons (Fsp3) is 0.696. The zero-order valence-electron chi connectivity index (χ0n) is 17.3. The summed E-state index contributed by atoms with van der Waals surface area (Å²) in [4.78, 5) is 12.0. The second kappa shape index (κ2) is 15.4. The first-order valence-electron chi connectivity index (χ1n) is 11.0. The largest absolute Gasteiger partial charge is 0.506 e. The molecule has 1 rings (SSSR count). The molecule has 0 fully saturated rings. The highest BCUT2D eigenvalue weighted by Gasteiger charge is 2.07. The lowest BCUT2D eigenvalue weighted by Crippen LogP contribution is -2.24. The van der Waals surface area contributed by atoms with Gasteiger partial charge in [0.2, 0.25) is 0 Å². The molecule has 4 nitrogen and oxygen atoms in total. The number of aromatic hydroxyl groups is 1. The van der Waals surface area contributed by atoms with Gasteiger partial charge in [0.15, 0.2) is 0 Å². The lowest BCUT2D eigenvalue weighted by molar-refractivity contribution is 0.0952. The maximum Gasteiger partial charge on any atom is 0.251 e. The number of amides is 1. The predicted molar refractivity (Wildman–Crippen MR) is 115 cm³/mol. The number of hydrogen-bond acceptors (Lipinski definition) is 3. The monoisotopic (exact) mass is 376 g/mol. The molecule has 0 aliphatic rings. The van der Waals surface area contributed by atoms with Gasteiger partial charge in [0.1, 0.15) is 5.75 Å². The Morgan fingerprint density at radius 1 is 0.852 bits per heavy atom. The second-order valence-electron chi connectivity index (χ2n) is 7.63. The van der Waals surface area contributed by atoms with Crippen molar-refractivity contribution in [2.24, 2.45) is 0 Å². The fourth-order valence-corrected chi connectivity index (χ4v) is 3.31. The van der Waals surface area contributed by atoms with E-state index >= 15 is 0 Å². The predicted octanol–water partition coefficient (Wildman–Crippen LogP) is 6.19. The quantitative estimate of drug-likeness (QED) is 0.183. The van der Waals surface area contributed by atoms with Gasteiger partial charge in [-0.05, 0) is 24.6 Å². The van der Waals surface area contributed by atoms with Gasteiger partial charge in [-0.15, -0.1) is 0 Å². The summed E-state index contributed by atoms with van der Waals surface area (Å²) in [6.45, 7) is 2.95. The summed E-state index contributed by atoms with van der Waals surface area (Å²) in [6, 6.07) is 4.60. The Hall–Kier alpha value is -1.71. The molecule has 1 aromatic rings. The van der Waals surface area contributed by atoms with Gasteiger partial charge < -0.3 is 16.2 Å². The number of nitrogen functional groups attached to an aromatic ring is 1. The normalized spacial score (nSPS) is 10.9. The van der Waals surface area contributed by atoms with E-state index < -0.39 is 0 Å². The van der Waals surface area contributed by atoms with Gasteiger partial charge in [-0.25, -0.2) is 0 Å². The van der Waals surface area contributed by atoms with Crippen LogP contribution >= 0.6 is 0 Å². The van der Waals surface area contributed by atoms with Gasteiger partial charge in [-0.3, -0.25) is 4.79 Å². The molecule has 1 amide bonds. The van der Waals surface area contributed by atoms with Gasteiger partial charge in [-0.2, -0.15) is 0 Å². The summed E-state index contributed by atoms with van der Waals surface area (Å²) in [6.07, 6.45) is 18.6. The highest BCUT2D eigenvalue weighted by Crippen LogP contribution is 2.20. The summed E-state index contributed by atoms with van der Waals surface area (Å²) < 4.78 is 0. The summed E-state index contributed by atoms with van der Waals surface area (Å²) in [5, 5.41) is 12.4. The van der Waals surface area contributed by atoms with Gasteiger partial charge >= 0.3 is 0 Å². The number of carbonyl (C=O) groups excluding carboxylic acids is 1. The Bertz CT molecular complexity index is 517. The minimum absolute atomic E-state index is 0.0425. The van der Waals surface area contributed by atoms with E-state index in [4.69, 9.17) is 5.73 Å². The van der Waals surface area contributed by atoms with Crippen molar-refractivity contribution in [2.45, 2.75) is 96.8 Å². The number of hydrogen-bond donors (Lipinski definition) is 3. The Morgan fingerprint density at radius 3 is 1.81 bits per heavy atom. The number of benzene rings is 1. The molecular weight excluding hydrogens is 336 g/mol. The Kier molecular flexibility index (Phi) is 13.3. The van der Waals surface area contributed by atoms with Gasteiger partial charge in [0, 0.05) is 12.1 Å². The second-order valence-corrected chi connectivity index (χ2v) is 7.63. The van der Waals surface area contributed by atoms with Crippen molar-refractivity contribution in [3.8, 4) is 5.75 Å². The van der Waals surface area contributed by atoms with E-state index in [1.807, 2.05) is 0 Å². The summed E-state index contributed by atoms with van der Waals surface area (Å²) in [5.74, 6) is -0.195. The van der Waals surface area contributed by atoms with E-state index in [-0.39, 0.29) is 11.7 Å². The van der Waals surface area contributed by atoms with Crippen molar-refractivity contribution in [3.63, 3.8) is 0 Å². The summed E-state index contributed by atoms with van der Waals surface area (Å²) in [7, 11) is 0. The third-order valence-corrected chi connectivity index (χ3v) is 5.11. The van der Waals surface area contributed by atoms with E-state index in [1.165, 1.54) is 83.1 Å². The first-order chi connectivity index (χ1) is 13.1. The Morgan fingerprint density at radius 2 is 1.33 bits per heavy atom. The third-order valence-electron chi connectivity index (χ3n) is 5.11. The standard InChI is InChI=1S/C23H40N2O2/c1-2-3-4-5-6-7-8-9-10-11-12-13-14-15-18-25-23(27)20-16-17-21(24)22(26)19-20/h16-17,19,26H,2-15,18,24H2,1H3,(H,25,27). The van der Waals surface area contributed by atoms with Crippen molar-refractivity contribution >= 4 is 11.6 Å². The molecule has 27 heavy (non-hydrogen) atoms. The molecule has 0 spiro atoms. The van der Waals surface area contributed by atoms with Crippen molar-refractivity contribution in [1.29, 1.82) is 0 Å². The third kappa shape index (κ3) is 11.6. The van der Waals surface area contributed by atoms with Crippen LogP contribution in [-0.2, 0) is 0 Å². The SMILES string of the molecule is CCCCCCCCCCCCCCCCNC(=O)c1ccc(N)c(O)c1. The lowest BCUT2D eigenvalue weighted by Gasteiger charge is -2.07. The number of unbranched alkanes of at least 4 members (excludes halogenated alkanes) is 13. The topological polar surface area (TPSA) is 75.4 Å². The number of nitrogens with one attached hydrogen (secondary N) is 1. The smallest absolute Gasteiger partial charge is 0.251 e. The van der Waals surface area contributed by atoms with Crippen LogP contribution in [0.5, 0.6) is 5.75 Å². The van der Waals surface area contributed by atoms with Crippen molar-refractivity contribution in [3.05, 3.63) is 23.8 Å². The zero-order chi connectivity index (χ0) is 19.7. The summed E-state index contributed by atoms with van der Waals surface area (Å²) >= 11 is 0. The molecule has 0 aliphatic carbocycles. The maximum absolute atomic E-state index is 12.0. The number of nitrogens with two attached hydrogens (primary N) is 1. The molecular formula is C23H40N2O2. The fourth-order valence-electron chi connectivity index (χ4n) is 3.31. The molecule has 0 aromatic heterocycles. The number of rotatable bonds is 16. The molecule has 0 heterocycles. The number of anilines is 1. The molecule has 0 radical (unpaired) electrons. The van der Waals surface area contributed by atoms with Crippen LogP contribution in [0.4, 0.5) is 5.69 Å². The molecule has 0 bridgehead atoms. The number of phenols is 1.